The van der Waals surface area contributed by atoms with Crippen molar-refractivity contribution in [1.82, 2.24) is 10.6 Å². The second-order valence-corrected chi connectivity index (χ2v) is 21.1. The number of nitrogens with one attached hydrogen (secondary N) is 2. The fourth-order valence-corrected chi connectivity index (χ4v) is 11.2. The highest BCUT2D eigenvalue weighted by molar-refractivity contribution is 5.94. The van der Waals surface area contributed by atoms with Gasteiger partial charge >= 0.3 is 30.0 Å². The molecule has 12 atom stereocenters. The van der Waals surface area contributed by atoms with Crippen molar-refractivity contribution in [2.24, 2.45) is 28.6 Å². The maximum atomic E-state index is 15.4. The summed E-state index contributed by atoms with van der Waals surface area (Å²) in [6, 6.07) is 14.6. The number of aliphatic hydroxyl groups excluding tert-OH is 3. The van der Waals surface area contributed by atoms with Crippen LogP contribution in [-0.4, -0.2) is 123 Å². The van der Waals surface area contributed by atoms with E-state index in [4.69, 9.17) is 28.8 Å². The quantitative estimate of drug-likeness (QED) is 0.0574. The molecule has 0 aromatic heterocycles. The number of benzene rings is 2. The van der Waals surface area contributed by atoms with E-state index in [9.17, 15) is 39.3 Å². The molecule has 4 aliphatic carbocycles. The second-order valence-electron chi connectivity index (χ2n) is 21.1. The van der Waals surface area contributed by atoms with Crippen LogP contribution in [0.15, 0.2) is 71.8 Å². The number of fused-ring (bicyclic) bond motifs is 4. The number of amides is 2. The van der Waals surface area contributed by atoms with Gasteiger partial charge in [0, 0.05) is 31.7 Å². The highest BCUT2D eigenvalue weighted by Crippen LogP contribution is 2.62. The van der Waals surface area contributed by atoms with E-state index >= 15 is 9.59 Å². The number of hydrogen-bond acceptors (Lipinski definition) is 16. The molecule has 71 heavy (non-hydrogen) atoms. The highest BCUT2D eigenvalue weighted by atomic mass is 16.6. The van der Waals surface area contributed by atoms with Crippen molar-refractivity contribution in [3.05, 3.63) is 82.9 Å². The van der Waals surface area contributed by atoms with Crippen molar-refractivity contribution in [3.8, 4) is 0 Å². The molecule has 2 bridgehead atoms. The number of esters is 4. The summed E-state index contributed by atoms with van der Waals surface area (Å²) in [5, 5.41) is 52.8. The average Bonchev–Trinajstić information content (AvgIpc) is 3.35. The van der Waals surface area contributed by atoms with Gasteiger partial charge in [0.15, 0.2) is 5.78 Å². The summed E-state index contributed by atoms with van der Waals surface area (Å²) in [6.07, 6.45) is -9.25. The molecule has 18 heteroatoms. The molecule has 6 rings (SSSR count). The molecule has 0 heterocycles. The van der Waals surface area contributed by atoms with E-state index in [0.717, 1.165) is 0 Å². The molecule has 6 N–H and O–H groups in total. The number of ether oxygens (including phenoxy) is 5. The topological polar surface area (TPSA) is 271 Å². The standard InChI is InChI=1S/C53H70N2O16/c1-29-35(68-48(64)44(69-38(60)22-16-11-17-25-54-37(59)28-56)41(31-18-12-9-13-19-31)55-49(65)71-50(3,4)5)27-53(66)46(70-47(63)32-20-14-10-15-21-32)40-43(67-30(2)57)34-24-23-33(34)26-36(58)52(40,8)45(62)42(61)39(29)51(53,6)7/h9-10,12-15,18-21,33-36,40-44,46,56,58,61,66H,11,16-17,22-28H2,1-8H3,(H,54,59)(H,55,65)/t33?,34?,35-,36-,40-,41-,42+,43-,44+,46-,52+,53+/m0/s1. The molecule has 0 aliphatic heterocycles. The van der Waals surface area contributed by atoms with E-state index in [1.165, 1.54) is 32.9 Å². The van der Waals surface area contributed by atoms with Crippen molar-refractivity contribution in [3.63, 3.8) is 0 Å². The van der Waals surface area contributed by atoms with Crippen LogP contribution in [0.4, 0.5) is 4.79 Å². The maximum absolute atomic E-state index is 15.4. The van der Waals surface area contributed by atoms with Gasteiger partial charge in [0.25, 0.3) is 0 Å². The Morgan fingerprint density at radius 2 is 1.52 bits per heavy atom. The Labute approximate surface area is 414 Å². The van der Waals surface area contributed by atoms with Crippen LogP contribution in [0.2, 0.25) is 0 Å². The van der Waals surface area contributed by atoms with E-state index in [0.29, 0.717) is 31.2 Å². The Hall–Kier alpha value is -5.69. The Balaban J connectivity index is 1.47. The van der Waals surface area contributed by atoms with Crippen LogP contribution in [0, 0.1) is 28.6 Å². The second kappa shape index (κ2) is 22.0. The van der Waals surface area contributed by atoms with Gasteiger partial charge in [-0.3, -0.25) is 19.2 Å². The Kier molecular flexibility index (Phi) is 16.9. The minimum absolute atomic E-state index is 0.0758. The first-order chi connectivity index (χ1) is 33.3. The van der Waals surface area contributed by atoms with Crippen LogP contribution in [0.3, 0.4) is 0 Å². The molecule has 0 radical (unpaired) electrons. The third kappa shape index (κ3) is 11.5. The normalized spacial score (nSPS) is 29.7. The van der Waals surface area contributed by atoms with Crippen LogP contribution in [0.25, 0.3) is 0 Å². The molecular weight excluding hydrogens is 921 g/mol. The summed E-state index contributed by atoms with van der Waals surface area (Å²) in [5.41, 5.74) is -6.60. The lowest BCUT2D eigenvalue weighted by molar-refractivity contribution is -0.234. The molecule has 388 valence electrons. The van der Waals surface area contributed by atoms with Crippen LogP contribution in [-0.2, 0) is 47.7 Å². The lowest BCUT2D eigenvalue weighted by Crippen LogP contribution is -2.72. The molecule has 3 fully saturated rings. The summed E-state index contributed by atoms with van der Waals surface area (Å²) in [5.74, 6) is -7.26. The van der Waals surface area contributed by atoms with Crippen molar-refractivity contribution in [1.29, 1.82) is 0 Å². The predicted molar refractivity (Wildman–Crippen MR) is 254 cm³/mol. The monoisotopic (exact) mass is 990 g/mol. The summed E-state index contributed by atoms with van der Waals surface area (Å²) < 4.78 is 30.4. The molecule has 2 unspecified atom stereocenters. The minimum atomic E-state index is -2.39. The highest BCUT2D eigenvalue weighted by Gasteiger charge is 2.72. The van der Waals surface area contributed by atoms with Gasteiger partial charge in [-0.05, 0) is 107 Å². The van der Waals surface area contributed by atoms with Crippen molar-refractivity contribution < 1.29 is 77.7 Å². The number of aliphatic hydroxyl groups is 4. The van der Waals surface area contributed by atoms with Gasteiger partial charge in [0.05, 0.1) is 23.0 Å². The zero-order valence-electron chi connectivity index (χ0n) is 41.8. The summed E-state index contributed by atoms with van der Waals surface area (Å²) >= 11 is 0. The zero-order valence-corrected chi connectivity index (χ0v) is 41.8. The van der Waals surface area contributed by atoms with E-state index in [1.807, 2.05) is 0 Å². The van der Waals surface area contributed by atoms with Gasteiger partial charge in [-0.15, -0.1) is 0 Å². The predicted octanol–water partition coefficient (Wildman–Crippen LogP) is 4.74. The molecule has 3 saturated carbocycles. The first kappa shape index (κ1) is 54.6. The van der Waals surface area contributed by atoms with Crippen LogP contribution in [0.5, 0.6) is 0 Å². The summed E-state index contributed by atoms with van der Waals surface area (Å²) in [6.45, 7) is 11.8. The number of hydrogen-bond donors (Lipinski definition) is 6. The SMILES string of the molecule is CC(=O)O[C@H]1C2CCC2C[C@H](O)[C@@]2(C)C(=O)[C@H](O)C3=C(C)[C@@H](OC(=O)[C@H](OC(=O)CCCCCNC(=O)CO)[C@@H](NC(=O)OC(C)(C)C)c4ccccc4)C[C@@](O)([C@@H](OC(=O)c4ccccc4)[C@H]12)C3(C)C. The fraction of sp³-hybridized carbons (Fsp3) is 0.604. The van der Waals surface area contributed by atoms with Crippen LogP contribution >= 0.6 is 0 Å². The van der Waals surface area contributed by atoms with Crippen molar-refractivity contribution in [2.45, 2.75) is 161 Å². The van der Waals surface area contributed by atoms with Crippen molar-refractivity contribution in [2.75, 3.05) is 13.2 Å². The number of carbonyl (C=O) groups excluding carboxylic acids is 7. The van der Waals surface area contributed by atoms with Crippen molar-refractivity contribution >= 4 is 41.7 Å². The van der Waals surface area contributed by atoms with Gasteiger partial charge in [0.2, 0.25) is 12.0 Å². The third-order valence-corrected chi connectivity index (χ3v) is 15.1. The first-order valence-electron chi connectivity index (χ1n) is 24.4. The number of alkyl carbamates (subject to hydrolysis) is 1. The van der Waals surface area contributed by atoms with Crippen LogP contribution in [0.1, 0.15) is 129 Å². The number of unbranched alkanes of at least 4 members (excludes halogenated alkanes) is 2. The van der Waals surface area contributed by atoms with Gasteiger partial charge in [-0.2, -0.15) is 0 Å². The smallest absolute Gasteiger partial charge is 0.408 e. The first-order valence-corrected chi connectivity index (χ1v) is 24.4. The zero-order chi connectivity index (χ0) is 52.2. The molecule has 2 aromatic carbocycles. The molecule has 0 spiro atoms. The van der Waals surface area contributed by atoms with E-state index in [-0.39, 0.29) is 48.4 Å². The molecular formula is C53H70N2O16. The summed E-state index contributed by atoms with van der Waals surface area (Å²) in [7, 11) is 0. The van der Waals surface area contributed by atoms with Gasteiger partial charge in [-0.1, -0.05) is 68.8 Å². The van der Waals surface area contributed by atoms with E-state index < -0.39 is 131 Å². The van der Waals surface area contributed by atoms with Gasteiger partial charge in [0.1, 0.15) is 48.3 Å². The van der Waals surface area contributed by atoms with Gasteiger partial charge < -0.3 is 54.7 Å². The number of Topliss-reactive ketones (excluding diaryl/α,β-unsaturated/α-hetero) is 1. The lowest BCUT2D eigenvalue weighted by Gasteiger charge is -2.60. The van der Waals surface area contributed by atoms with E-state index in [1.54, 1.807) is 83.1 Å². The van der Waals surface area contributed by atoms with Crippen LogP contribution < -0.4 is 10.6 Å². The molecule has 0 saturated heterocycles. The third-order valence-electron chi connectivity index (χ3n) is 15.1. The maximum Gasteiger partial charge on any atom is 0.408 e. The summed E-state index contributed by atoms with van der Waals surface area (Å²) in [4.78, 5) is 96.7. The number of carbonyl (C=O) groups is 7. The largest absolute Gasteiger partial charge is 0.462 e. The number of rotatable bonds is 16. The molecule has 18 nitrogen and oxygen atoms in total. The Bertz CT molecular complexity index is 2330. The molecule has 4 aliphatic rings. The molecule has 2 aromatic rings. The van der Waals surface area contributed by atoms with Gasteiger partial charge in [-0.25, -0.2) is 14.4 Å². The minimum Gasteiger partial charge on any atom is -0.462 e. The van der Waals surface area contributed by atoms with E-state index in [2.05, 4.69) is 10.6 Å². The fourth-order valence-electron chi connectivity index (χ4n) is 11.2. The Morgan fingerprint density at radius 3 is 2.11 bits per heavy atom. The lowest BCUT2D eigenvalue weighted by atomic mass is 9.49. The number of ketones is 1. The Morgan fingerprint density at radius 1 is 0.873 bits per heavy atom. The molecule has 2 amide bonds. The average molecular weight is 991 g/mol.